The van der Waals surface area contributed by atoms with Gasteiger partial charge in [0.1, 0.15) is 12.3 Å². The number of rotatable bonds is 9. The number of nitrogens with one attached hydrogen (secondary N) is 2. The number of thioether (sulfide) groups is 1. The van der Waals surface area contributed by atoms with Crippen molar-refractivity contribution in [3.05, 3.63) is 78.4 Å². The molecule has 0 bridgehead atoms. The highest BCUT2D eigenvalue weighted by molar-refractivity contribution is 7.99. The van der Waals surface area contributed by atoms with Crippen molar-refractivity contribution in [2.75, 3.05) is 54.2 Å². The molecule has 11 heteroatoms. The summed E-state index contributed by atoms with van der Waals surface area (Å²) in [5.41, 5.74) is 1.92. The Labute approximate surface area is 236 Å². The van der Waals surface area contributed by atoms with Crippen molar-refractivity contribution in [2.24, 2.45) is 0 Å². The first-order valence-electron chi connectivity index (χ1n) is 12.7. The zero-order valence-electron chi connectivity index (χ0n) is 22.2. The van der Waals surface area contributed by atoms with Gasteiger partial charge >= 0.3 is 12.0 Å². The molecule has 0 unspecified atom stereocenters. The van der Waals surface area contributed by atoms with Gasteiger partial charge in [-0.05, 0) is 49.4 Å². The summed E-state index contributed by atoms with van der Waals surface area (Å²) in [6.45, 7) is 1.86. The number of para-hydroxylation sites is 1. The molecular formula is C29H30N4O6S. The Morgan fingerprint density at radius 1 is 1.00 bits per heavy atom. The topological polar surface area (TPSA) is 117 Å². The maximum absolute atomic E-state index is 13.5. The van der Waals surface area contributed by atoms with Gasteiger partial charge in [0.2, 0.25) is 11.8 Å². The van der Waals surface area contributed by atoms with Gasteiger partial charge in [-0.15, -0.1) is 11.8 Å². The number of anilines is 3. The highest BCUT2D eigenvalue weighted by Crippen LogP contribution is 2.34. The summed E-state index contributed by atoms with van der Waals surface area (Å²) in [4.78, 5) is 55.4. The van der Waals surface area contributed by atoms with Crippen LogP contribution >= 0.6 is 11.8 Å². The summed E-state index contributed by atoms with van der Waals surface area (Å²) in [5, 5.41) is 5.14. The number of methoxy groups -OCH3 is 1. The van der Waals surface area contributed by atoms with Gasteiger partial charge in [0.05, 0.1) is 31.5 Å². The molecule has 0 aromatic heterocycles. The summed E-state index contributed by atoms with van der Waals surface area (Å²) in [7, 11) is 1.52. The number of hydrogen-bond acceptors (Lipinski definition) is 7. The van der Waals surface area contributed by atoms with Crippen LogP contribution in [0.25, 0.3) is 0 Å². The van der Waals surface area contributed by atoms with Crippen LogP contribution in [0.15, 0.2) is 77.7 Å². The fraction of sp³-hybridized carbons (Fsp3) is 0.241. The molecular weight excluding hydrogens is 532 g/mol. The molecule has 40 heavy (non-hydrogen) atoms. The number of carbonyl (C=O) groups is 4. The summed E-state index contributed by atoms with van der Waals surface area (Å²) in [6, 6.07) is 20.1. The summed E-state index contributed by atoms with van der Waals surface area (Å²) < 4.78 is 10.3. The van der Waals surface area contributed by atoms with Crippen LogP contribution in [-0.4, -0.2) is 62.9 Å². The molecule has 208 valence electrons. The number of hydrogen-bond donors (Lipinski definition) is 2. The molecule has 2 N–H and O–H groups in total. The van der Waals surface area contributed by atoms with Gasteiger partial charge in [0.15, 0.2) is 0 Å². The normalized spacial score (nSPS) is 12.1. The van der Waals surface area contributed by atoms with Crippen LogP contribution in [0.5, 0.6) is 5.75 Å². The van der Waals surface area contributed by atoms with Gasteiger partial charge in [0, 0.05) is 34.6 Å². The minimum absolute atomic E-state index is 0.226. The monoisotopic (exact) mass is 562 g/mol. The molecule has 10 nitrogen and oxygen atoms in total. The molecule has 3 aromatic carbocycles. The Morgan fingerprint density at radius 3 is 2.60 bits per heavy atom. The first-order valence-corrected chi connectivity index (χ1v) is 13.7. The Balaban J connectivity index is 1.46. The molecule has 1 heterocycles. The summed E-state index contributed by atoms with van der Waals surface area (Å²) in [5.74, 6) is 0.0281. The van der Waals surface area contributed by atoms with Gasteiger partial charge in [0.25, 0.3) is 0 Å². The van der Waals surface area contributed by atoms with Crippen LogP contribution in [0, 0.1) is 0 Å². The molecule has 0 saturated heterocycles. The first-order chi connectivity index (χ1) is 19.4. The molecule has 0 aliphatic carbocycles. The van der Waals surface area contributed by atoms with E-state index in [1.807, 2.05) is 24.3 Å². The SMILES string of the molecule is CCOC(=O)c1cccc(NC(=O)NCC(=O)N(CC(=O)N2CCSc3ccccc32)c2cccc(OC)c2)c1. The number of ether oxygens (including phenoxy) is 2. The van der Waals surface area contributed by atoms with Crippen molar-refractivity contribution in [2.45, 2.75) is 11.8 Å². The minimum atomic E-state index is -0.645. The Morgan fingerprint density at radius 2 is 1.80 bits per heavy atom. The van der Waals surface area contributed by atoms with E-state index in [2.05, 4.69) is 10.6 Å². The van der Waals surface area contributed by atoms with Crippen molar-refractivity contribution in [1.29, 1.82) is 0 Å². The predicted molar refractivity (Wildman–Crippen MR) is 154 cm³/mol. The molecule has 0 saturated carbocycles. The molecule has 4 rings (SSSR count). The van der Waals surface area contributed by atoms with Crippen molar-refractivity contribution < 1.29 is 28.7 Å². The molecule has 0 atom stereocenters. The number of esters is 1. The lowest BCUT2D eigenvalue weighted by atomic mass is 10.2. The van der Waals surface area contributed by atoms with E-state index < -0.39 is 17.9 Å². The average molecular weight is 563 g/mol. The fourth-order valence-corrected chi connectivity index (χ4v) is 5.11. The highest BCUT2D eigenvalue weighted by Gasteiger charge is 2.27. The van der Waals surface area contributed by atoms with Crippen molar-refractivity contribution in [1.82, 2.24) is 5.32 Å². The third-order valence-electron chi connectivity index (χ3n) is 6.02. The van der Waals surface area contributed by atoms with Gasteiger partial charge in [-0.2, -0.15) is 0 Å². The van der Waals surface area contributed by atoms with Crippen LogP contribution in [0.3, 0.4) is 0 Å². The van der Waals surface area contributed by atoms with E-state index in [-0.39, 0.29) is 31.2 Å². The first kappa shape index (κ1) is 28.5. The van der Waals surface area contributed by atoms with E-state index in [4.69, 9.17) is 9.47 Å². The highest BCUT2D eigenvalue weighted by atomic mass is 32.2. The van der Waals surface area contributed by atoms with E-state index in [0.717, 1.165) is 16.3 Å². The predicted octanol–water partition coefficient (Wildman–Crippen LogP) is 4.17. The second-order valence-electron chi connectivity index (χ2n) is 8.65. The van der Waals surface area contributed by atoms with Gasteiger partial charge < -0.3 is 29.9 Å². The lowest BCUT2D eigenvalue weighted by Crippen LogP contribution is -2.48. The van der Waals surface area contributed by atoms with Gasteiger partial charge in [-0.1, -0.05) is 24.3 Å². The Bertz CT molecular complexity index is 1400. The Kier molecular flexibility index (Phi) is 9.63. The number of fused-ring (bicyclic) bond motifs is 1. The molecule has 1 aliphatic rings. The third-order valence-corrected chi connectivity index (χ3v) is 7.06. The van der Waals surface area contributed by atoms with Crippen molar-refractivity contribution >= 4 is 52.6 Å². The average Bonchev–Trinajstić information content (AvgIpc) is 2.98. The smallest absolute Gasteiger partial charge is 0.338 e. The molecule has 3 aromatic rings. The van der Waals surface area contributed by atoms with Gasteiger partial charge in [-0.25, -0.2) is 9.59 Å². The number of benzene rings is 3. The van der Waals surface area contributed by atoms with Gasteiger partial charge in [-0.3, -0.25) is 9.59 Å². The molecule has 4 amide bonds. The second-order valence-corrected chi connectivity index (χ2v) is 9.79. The van der Waals surface area contributed by atoms with Crippen molar-refractivity contribution in [3.63, 3.8) is 0 Å². The quantitative estimate of drug-likeness (QED) is 0.376. The van der Waals surface area contributed by atoms with E-state index in [9.17, 15) is 19.2 Å². The van der Waals surface area contributed by atoms with Crippen LogP contribution in [0.4, 0.5) is 21.9 Å². The number of urea groups is 1. The molecule has 0 spiro atoms. The van der Waals surface area contributed by atoms with Crippen LogP contribution in [0.2, 0.25) is 0 Å². The number of nitrogens with zero attached hydrogens (tertiary/aromatic N) is 2. The minimum Gasteiger partial charge on any atom is -0.497 e. The Hall–Kier alpha value is -4.51. The fourth-order valence-electron chi connectivity index (χ4n) is 4.12. The zero-order chi connectivity index (χ0) is 28.5. The van der Waals surface area contributed by atoms with Crippen LogP contribution in [-0.2, 0) is 14.3 Å². The number of carbonyl (C=O) groups excluding carboxylic acids is 4. The second kappa shape index (κ2) is 13.5. The largest absolute Gasteiger partial charge is 0.497 e. The zero-order valence-corrected chi connectivity index (χ0v) is 23.0. The summed E-state index contributed by atoms with van der Waals surface area (Å²) in [6.07, 6.45) is 0. The molecule has 0 fully saturated rings. The van der Waals surface area contributed by atoms with E-state index in [1.54, 1.807) is 66.1 Å². The van der Waals surface area contributed by atoms with Crippen LogP contribution in [0.1, 0.15) is 17.3 Å². The molecule has 1 aliphatic heterocycles. The van der Waals surface area contributed by atoms with E-state index >= 15 is 0 Å². The summed E-state index contributed by atoms with van der Waals surface area (Å²) >= 11 is 1.68. The maximum Gasteiger partial charge on any atom is 0.338 e. The molecule has 0 radical (unpaired) electrons. The van der Waals surface area contributed by atoms with E-state index in [1.165, 1.54) is 18.1 Å². The number of amides is 4. The van der Waals surface area contributed by atoms with E-state index in [0.29, 0.717) is 23.7 Å². The van der Waals surface area contributed by atoms with Crippen molar-refractivity contribution in [3.8, 4) is 5.75 Å². The lowest BCUT2D eigenvalue weighted by Gasteiger charge is -2.31. The van der Waals surface area contributed by atoms with Crippen LogP contribution < -0.4 is 25.2 Å². The lowest BCUT2D eigenvalue weighted by molar-refractivity contribution is -0.122. The third kappa shape index (κ3) is 7.11. The standard InChI is InChI=1S/C29H30N4O6S/c1-3-39-28(36)20-8-6-9-21(16-20)31-29(37)30-18-26(34)33(22-10-7-11-23(17-22)38-2)19-27(35)32-14-15-40-25-13-5-4-12-24(25)32/h4-13,16-17H,3,14-15,18-19H2,1-2H3,(H2,30,31,37). The maximum atomic E-state index is 13.5.